The van der Waals surface area contributed by atoms with Crippen LogP contribution in [-0.4, -0.2) is 22.0 Å². The normalized spacial score (nSPS) is 10.3. The van der Waals surface area contributed by atoms with Crippen LogP contribution in [0.2, 0.25) is 0 Å². The second-order valence-electron chi connectivity index (χ2n) is 3.86. The first kappa shape index (κ1) is 11.2. The second-order valence-corrected chi connectivity index (χ2v) is 3.86. The second kappa shape index (κ2) is 4.38. The van der Waals surface area contributed by atoms with E-state index in [1.54, 1.807) is 19.2 Å². The molecule has 3 aromatic rings. The quantitative estimate of drug-likeness (QED) is 0.751. The third-order valence-corrected chi connectivity index (χ3v) is 2.69. The molecule has 2 heterocycles. The summed E-state index contributed by atoms with van der Waals surface area (Å²) in [7, 11) is 1.74. The van der Waals surface area contributed by atoms with E-state index in [2.05, 4.69) is 20.3 Å². The van der Waals surface area contributed by atoms with Gasteiger partial charge in [-0.1, -0.05) is 0 Å². The number of nitrogens with zero attached hydrogens (tertiary/aromatic N) is 4. The first-order valence-corrected chi connectivity index (χ1v) is 5.61. The maximum atomic E-state index is 8.97. The van der Waals surface area contributed by atoms with E-state index in [4.69, 9.17) is 9.68 Å². The first-order valence-electron chi connectivity index (χ1n) is 5.61. The summed E-state index contributed by atoms with van der Waals surface area (Å²) in [5.74, 6) is 1.07. The SMILES string of the molecule is CNc1cc(C#N)nc(-c2ccc3ncoc3c2)n1. The summed E-state index contributed by atoms with van der Waals surface area (Å²) in [6, 6.07) is 9.09. The molecule has 0 fully saturated rings. The fourth-order valence-electron chi connectivity index (χ4n) is 1.76. The number of hydrogen-bond acceptors (Lipinski definition) is 6. The summed E-state index contributed by atoms with van der Waals surface area (Å²) < 4.78 is 5.25. The lowest BCUT2D eigenvalue weighted by atomic mass is 10.2. The molecule has 1 aromatic carbocycles. The predicted molar refractivity (Wildman–Crippen MR) is 69.3 cm³/mol. The fraction of sp³-hybridized carbons (Fsp3) is 0.0769. The fourth-order valence-corrected chi connectivity index (χ4v) is 1.76. The topological polar surface area (TPSA) is 87.6 Å². The predicted octanol–water partition coefficient (Wildman–Crippen LogP) is 2.20. The number of hydrogen-bond donors (Lipinski definition) is 1. The summed E-state index contributed by atoms with van der Waals surface area (Å²) in [5, 5.41) is 11.9. The first-order chi connectivity index (χ1) is 9.30. The number of oxazole rings is 1. The molecular formula is C13H9N5O. The van der Waals surface area contributed by atoms with Crippen molar-refractivity contribution < 1.29 is 4.42 Å². The van der Waals surface area contributed by atoms with E-state index in [1.165, 1.54) is 6.39 Å². The van der Waals surface area contributed by atoms with Crippen LogP contribution in [0, 0.1) is 11.3 Å². The number of aromatic nitrogens is 3. The Morgan fingerprint density at radius 1 is 1.26 bits per heavy atom. The highest BCUT2D eigenvalue weighted by Gasteiger charge is 2.08. The Bertz CT molecular complexity index is 787. The molecule has 0 amide bonds. The van der Waals surface area contributed by atoms with Crippen molar-refractivity contribution in [2.45, 2.75) is 0 Å². The molecule has 0 saturated carbocycles. The summed E-state index contributed by atoms with van der Waals surface area (Å²) in [6.45, 7) is 0. The molecule has 0 saturated heterocycles. The van der Waals surface area contributed by atoms with Crippen LogP contribution < -0.4 is 5.32 Å². The van der Waals surface area contributed by atoms with E-state index < -0.39 is 0 Å². The van der Waals surface area contributed by atoms with Crippen LogP contribution in [0.3, 0.4) is 0 Å². The molecule has 92 valence electrons. The Labute approximate surface area is 108 Å². The average molecular weight is 251 g/mol. The molecule has 0 bridgehead atoms. The van der Waals surface area contributed by atoms with Gasteiger partial charge in [-0.2, -0.15) is 5.26 Å². The number of nitriles is 1. The van der Waals surface area contributed by atoms with Crippen molar-refractivity contribution in [2.75, 3.05) is 12.4 Å². The van der Waals surface area contributed by atoms with Gasteiger partial charge in [-0.3, -0.25) is 0 Å². The van der Waals surface area contributed by atoms with Crippen LogP contribution in [0.1, 0.15) is 5.69 Å². The average Bonchev–Trinajstić information content (AvgIpc) is 2.94. The van der Waals surface area contributed by atoms with Gasteiger partial charge in [-0.25, -0.2) is 15.0 Å². The van der Waals surface area contributed by atoms with Gasteiger partial charge in [0, 0.05) is 18.7 Å². The lowest BCUT2D eigenvalue weighted by molar-refractivity contribution is 0.602. The zero-order chi connectivity index (χ0) is 13.2. The van der Waals surface area contributed by atoms with Crippen LogP contribution in [0.4, 0.5) is 5.82 Å². The van der Waals surface area contributed by atoms with Gasteiger partial charge < -0.3 is 9.73 Å². The third-order valence-electron chi connectivity index (χ3n) is 2.69. The number of nitrogens with one attached hydrogen (secondary N) is 1. The highest BCUT2D eigenvalue weighted by atomic mass is 16.3. The van der Waals surface area contributed by atoms with Gasteiger partial charge in [0.2, 0.25) is 0 Å². The number of benzene rings is 1. The largest absolute Gasteiger partial charge is 0.443 e. The van der Waals surface area contributed by atoms with Gasteiger partial charge in [0.1, 0.15) is 23.1 Å². The van der Waals surface area contributed by atoms with E-state index in [-0.39, 0.29) is 0 Å². The molecule has 6 nitrogen and oxygen atoms in total. The van der Waals surface area contributed by atoms with Gasteiger partial charge >= 0.3 is 0 Å². The monoisotopic (exact) mass is 251 g/mol. The van der Waals surface area contributed by atoms with Crippen LogP contribution in [-0.2, 0) is 0 Å². The van der Waals surface area contributed by atoms with Gasteiger partial charge in [0.25, 0.3) is 0 Å². The minimum Gasteiger partial charge on any atom is -0.443 e. The number of rotatable bonds is 2. The minimum atomic E-state index is 0.312. The Morgan fingerprint density at radius 2 is 2.16 bits per heavy atom. The van der Waals surface area contributed by atoms with E-state index in [1.807, 2.05) is 18.2 Å². The molecule has 0 spiro atoms. The maximum absolute atomic E-state index is 8.97. The van der Waals surface area contributed by atoms with Crippen LogP contribution in [0.25, 0.3) is 22.5 Å². The van der Waals surface area contributed by atoms with Crippen molar-refractivity contribution in [3.05, 3.63) is 36.4 Å². The standard InChI is InChI=1S/C13H9N5O/c1-15-12-5-9(6-14)17-13(18-12)8-2-3-10-11(4-8)19-7-16-10/h2-5,7H,1H3,(H,15,17,18). The molecule has 2 aromatic heterocycles. The molecule has 0 unspecified atom stereocenters. The summed E-state index contributed by atoms with van der Waals surface area (Å²) in [6.07, 6.45) is 1.39. The smallest absolute Gasteiger partial charge is 0.181 e. The van der Waals surface area contributed by atoms with Gasteiger partial charge in [-0.15, -0.1) is 0 Å². The molecule has 0 aliphatic carbocycles. The summed E-state index contributed by atoms with van der Waals surface area (Å²) in [4.78, 5) is 12.6. The van der Waals surface area contributed by atoms with E-state index in [9.17, 15) is 0 Å². The highest BCUT2D eigenvalue weighted by Crippen LogP contribution is 2.22. The number of anilines is 1. The number of fused-ring (bicyclic) bond motifs is 1. The molecule has 0 aliphatic heterocycles. The zero-order valence-electron chi connectivity index (χ0n) is 10.1. The molecular weight excluding hydrogens is 242 g/mol. The maximum Gasteiger partial charge on any atom is 0.181 e. The lowest BCUT2D eigenvalue weighted by Crippen LogP contribution is -1.98. The molecule has 0 radical (unpaired) electrons. The van der Waals surface area contributed by atoms with E-state index in [0.29, 0.717) is 22.9 Å². The molecule has 0 aliphatic rings. The van der Waals surface area contributed by atoms with Gasteiger partial charge in [0.05, 0.1) is 0 Å². The molecule has 1 N–H and O–H groups in total. The highest BCUT2D eigenvalue weighted by molar-refractivity contribution is 5.78. The van der Waals surface area contributed by atoms with Crippen LogP contribution in [0.5, 0.6) is 0 Å². The summed E-state index contributed by atoms with van der Waals surface area (Å²) in [5.41, 5.74) is 2.52. The molecule has 6 heteroatoms. The molecule has 0 atom stereocenters. The minimum absolute atomic E-state index is 0.312. The van der Waals surface area contributed by atoms with Crippen LogP contribution >= 0.6 is 0 Å². The molecule has 3 rings (SSSR count). The molecule has 19 heavy (non-hydrogen) atoms. The van der Waals surface area contributed by atoms with Crippen LogP contribution in [0.15, 0.2) is 35.1 Å². The summed E-state index contributed by atoms with van der Waals surface area (Å²) >= 11 is 0. The third kappa shape index (κ3) is 1.98. The van der Waals surface area contributed by atoms with Crippen molar-refractivity contribution in [3.63, 3.8) is 0 Å². The van der Waals surface area contributed by atoms with Crippen molar-refractivity contribution in [1.29, 1.82) is 5.26 Å². The Morgan fingerprint density at radius 3 is 2.95 bits per heavy atom. The Kier molecular flexibility index (Phi) is 2.58. The lowest BCUT2D eigenvalue weighted by Gasteiger charge is -2.04. The Balaban J connectivity index is 2.17. The van der Waals surface area contributed by atoms with E-state index in [0.717, 1.165) is 11.1 Å². The van der Waals surface area contributed by atoms with Gasteiger partial charge in [-0.05, 0) is 18.2 Å². The zero-order valence-corrected chi connectivity index (χ0v) is 10.1. The van der Waals surface area contributed by atoms with Crippen molar-refractivity contribution in [3.8, 4) is 17.5 Å². The van der Waals surface area contributed by atoms with Crippen molar-refractivity contribution in [2.24, 2.45) is 0 Å². The van der Waals surface area contributed by atoms with Crippen molar-refractivity contribution in [1.82, 2.24) is 15.0 Å². The van der Waals surface area contributed by atoms with Crippen molar-refractivity contribution >= 4 is 16.9 Å². The Hall–Kier alpha value is -2.94. The van der Waals surface area contributed by atoms with Gasteiger partial charge in [0.15, 0.2) is 17.8 Å². The van der Waals surface area contributed by atoms with E-state index >= 15 is 0 Å².